The van der Waals surface area contributed by atoms with Crippen LogP contribution in [0.3, 0.4) is 0 Å². The van der Waals surface area contributed by atoms with Crippen LogP contribution in [0, 0.1) is 0 Å². The van der Waals surface area contributed by atoms with Gasteiger partial charge < -0.3 is 15.4 Å². The van der Waals surface area contributed by atoms with Gasteiger partial charge in [-0.05, 0) is 42.8 Å². The van der Waals surface area contributed by atoms with Crippen molar-refractivity contribution in [3.05, 3.63) is 59.6 Å². The molecule has 0 amide bonds. The van der Waals surface area contributed by atoms with Gasteiger partial charge in [0.2, 0.25) is 0 Å². The fourth-order valence-corrected chi connectivity index (χ4v) is 4.54. The van der Waals surface area contributed by atoms with Gasteiger partial charge in [-0.1, -0.05) is 30.3 Å². The summed E-state index contributed by atoms with van der Waals surface area (Å²) >= 11 is 1.74. The molecule has 3 heterocycles. The van der Waals surface area contributed by atoms with E-state index in [1.807, 2.05) is 6.20 Å². The Labute approximate surface area is 158 Å². The molecule has 0 bridgehead atoms. The molecule has 1 unspecified atom stereocenters. The summed E-state index contributed by atoms with van der Waals surface area (Å²) in [6.07, 6.45) is 3.90. The van der Waals surface area contributed by atoms with E-state index in [1.54, 1.807) is 11.3 Å². The zero-order valence-electron chi connectivity index (χ0n) is 15.1. The predicted molar refractivity (Wildman–Crippen MR) is 109 cm³/mol. The Morgan fingerprint density at radius 2 is 1.96 bits per heavy atom. The number of ether oxygens (including phenoxy) is 1. The van der Waals surface area contributed by atoms with E-state index in [0.29, 0.717) is 6.04 Å². The molecule has 0 radical (unpaired) electrons. The van der Waals surface area contributed by atoms with E-state index in [0.717, 1.165) is 38.1 Å². The Hall–Kier alpha value is -1.95. The summed E-state index contributed by atoms with van der Waals surface area (Å²) in [5.41, 5.74) is 3.58. The smallest absolute Gasteiger partial charge is 0.0830 e. The van der Waals surface area contributed by atoms with Gasteiger partial charge in [0, 0.05) is 37.5 Å². The van der Waals surface area contributed by atoms with Crippen LogP contribution in [0.5, 0.6) is 0 Å². The minimum Gasteiger partial charge on any atom is -0.382 e. The molecule has 1 saturated heterocycles. The van der Waals surface area contributed by atoms with Crippen molar-refractivity contribution in [2.75, 3.05) is 25.1 Å². The number of nitrogens with zero attached hydrogens (tertiary/aromatic N) is 1. The molecule has 2 N–H and O–H groups in total. The molecule has 2 aromatic heterocycles. The minimum absolute atomic E-state index is 0.0281. The highest BCUT2D eigenvalue weighted by molar-refractivity contribution is 7.17. The number of rotatable bonds is 6. The quantitative estimate of drug-likeness (QED) is 0.668. The largest absolute Gasteiger partial charge is 0.382 e. The highest BCUT2D eigenvalue weighted by Crippen LogP contribution is 2.30. The van der Waals surface area contributed by atoms with Crippen LogP contribution in [0.15, 0.2) is 54.0 Å². The van der Waals surface area contributed by atoms with Gasteiger partial charge in [0.1, 0.15) is 0 Å². The molecule has 26 heavy (non-hydrogen) atoms. The van der Waals surface area contributed by atoms with E-state index in [9.17, 15) is 0 Å². The predicted octanol–water partition coefficient (Wildman–Crippen LogP) is 4.61. The molecule has 0 spiro atoms. The van der Waals surface area contributed by atoms with Crippen molar-refractivity contribution in [1.82, 2.24) is 10.3 Å². The molecule has 0 aliphatic carbocycles. The first-order valence-corrected chi connectivity index (χ1v) is 10.1. The second-order valence-corrected chi connectivity index (χ2v) is 7.93. The van der Waals surface area contributed by atoms with E-state index in [1.165, 1.54) is 16.0 Å². The molecular formula is C21H25N3OS. The summed E-state index contributed by atoms with van der Waals surface area (Å²) in [7, 11) is 0. The molecule has 1 fully saturated rings. The molecule has 1 aliphatic rings. The number of pyridine rings is 1. The lowest BCUT2D eigenvalue weighted by atomic mass is 9.88. The van der Waals surface area contributed by atoms with Crippen LogP contribution in [-0.2, 0) is 4.74 Å². The highest BCUT2D eigenvalue weighted by atomic mass is 32.1. The van der Waals surface area contributed by atoms with Gasteiger partial charge in [-0.2, -0.15) is 0 Å². The molecule has 1 aliphatic heterocycles. The van der Waals surface area contributed by atoms with Gasteiger partial charge >= 0.3 is 0 Å². The average molecular weight is 368 g/mol. The topological polar surface area (TPSA) is 46.2 Å². The van der Waals surface area contributed by atoms with Crippen LogP contribution in [0.2, 0.25) is 0 Å². The third kappa shape index (κ3) is 3.75. The van der Waals surface area contributed by atoms with E-state index >= 15 is 0 Å². The minimum atomic E-state index is 0.0281. The van der Waals surface area contributed by atoms with Crippen LogP contribution in [-0.4, -0.2) is 30.3 Å². The summed E-state index contributed by atoms with van der Waals surface area (Å²) in [5, 5.41) is 9.70. The Balaban J connectivity index is 1.52. The van der Waals surface area contributed by atoms with Crippen LogP contribution in [0.25, 0.3) is 10.2 Å². The van der Waals surface area contributed by atoms with Crippen LogP contribution in [0.4, 0.5) is 5.69 Å². The lowest BCUT2D eigenvalue weighted by molar-refractivity contribution is 0.0389. The number of fused-ring (bicyclic) bond motifs is 1. The van der Waals surface area contributed by atoms with Gasteiger partial charge in [-0.15, -0.1) is 11.3 Å². The summed E-state index contributed by atoms with van der Waals surface area (Å²) in [4.78, 5) is 4.44. The van der Waals surface area contributed by atoms with E-state index in [-0.39, 0.29) is 5.54 Å². The Kier molecular flexibility index (Phi) is 5.20. The Bertz CT molecular complexity index is 843. The molecule has 4 nitrogen and oxygen atoms in total. The average Bonchev–Trinajstić information content (AvgIpc) is 3.17. The number of aromatic nitrogens is 1. The van der Waals surface area contributed by atoms with Crippen LogP contribution in [0.1, 0.15) is 31.4 Å². The van der Waals surface area contributed by atoms with Crippen molar-refractivity contribution in [3.63, 3.8) is 0 Å². The number of thiophene rings is 1. The normalized spacial score (nSPS) is 17.9. The first kappa shape index (κ1) is 17.5. The Morgan fingerprint density at radius 1 is 1.15 bits per heavy atom. The summed E-state index contributed by atoms with van der Waals surface area (Å²) in [5.74, 6) is 0. The lowest BCUT2D eigenvalue weighted by Gasteiger charge is -2.41. The molecule has 1 atom stereocenters. The highest BCUT2D eigenvalue weighted by Gasteiger charge is 2.34. The lowest BCUT2D eigenvalue weighted by Crippen LogP contribution is -2.54. The third-order valence-electron chi connectivity index (χ3n) is 5.23. The summed E-state index contributed by atoms with van der Waals surface area (Å²) < 4.78 is 6.87. The van der Waals surface area contributed by atoms with Gasteiger partial charge in [-0.3, -0.25) is 4.98 Å². The summed E-state index contributed by atoms with van der Waals surface area (Å²) in [6, 6.07) is 15.1. The molecule has 1 aromatic carbocycles. The first-order chi connectivity index (χ1) is 12.8. The van der Waals surface area contributed by atoms with Crippen molar-refractivity contribution >= 4 is 27.2 Å². The SMILES string of the molecule is CC(NC1(CNc2ccnc3ccsc23)CCOCC1)c1ccccc1. The second kappa shape index (κ2) is 7.74. The monoisotopic (exact) mass is 367 g/mol. The van der Waals surface area contributed by atoms with Gasteiger partial charge in [-0.25, -0.2) is 0 Å². The zero-order chi connectivity index (χ0) is 17.8. The van der Waals surface area contributed by atoms with Crippen molar-refractivity contribution in [1.29, 1.82) is 0 Å². The van der Waals surface area contributed by atoms with Crippen molar-refractivity contribution < 1.29 is 4.74 Å². The van der Waals surface area contributed by atoms with E-state index in [4.69, 9.17) is 4.74 Å². The fourth-order valence-electron chi connectivity index (χ4n) is 3.70. The van der Waals surface area contributed by atoms with Crippen molar-refractivity contribution in [3.8, 4) is 0 Å². The van der Waals surface area contributed by atoms with Crippen LogP contribution < -0.4 is 10.6 Å². The van der Waals surface area contributed by atoms with Crippen LogP contribution >= 0.6 is 11.3 Å². The number of anilines is 1. The maximum absolute atomic E-state index is 5.65. The van der Waals surface area contributed by atoms with Gasteiger partial charge in [0.05, 0.1) is 15.9 Å². The van der Waals surface area contributed by atoms with Gasteiger partial charge in [0.15, 0.2) is 0 Å². The molecular weight excluding hydrogens is 342 g/mol. The van der Waals surface area contributed by atoms with Gasteiger partial charge in [0.25, 0.3) is 0 Å². The number of hydrogen-bond donors (Lipinski definition) is 2. The fraction of sp³-hybridized carbons (Fsp3) is 0.381. The third-order valence-corrected chi connectivity index (χ3v) is 6.17. The maximum Gasteiger partial charge on any atom is 0.0830 e. The summed E-state index contributed by atoms with van der Waals surface area (Å²) in [6.45, 7) is 4.74. The maximum atomic E-state index is 5.65. The molecule has 3 aromatic rings. The number of nitrogens with one attached hydrogen (secondary N) is 2. The standard InChI is InChI=1S/C21H25N3OS/c1-16(17-5-3-2-4-6-17)24-21(9-12-25-13-10-21)15-23-18-7-11-22-19-8-14-26-20(18)19/h2-8,11,14,16,24H,9-10,12-13,15H2,1H3,(H,22,23). The molecule has 136 valence electrons. The molecule has 4 rings (SSSR count). The van der Waals surface area contributed by atoms with Crippen molar-refractivity contribution in [2.45, 2.75) is 31.3 Å². The molecule has 5 heteroatoms. The number of benzene rings is 1. The Morgan fingerprint density at radius 3 is 2.77 bits per heavy atom. The second-order valence-electron chi connectivity index (χ2n) is 7.02. The zero-order valence-corrected chi connectivity index (χ0v) is 15.9. The molecule has 0 saturated carbocycles. The van der Waals surface area contributed by atoms with E-state index in [2.05, 4.69) is 70.4 Å². The first-order valence-electron chi connectivity index (χ1n) is 9.22. The van der Waals surface area contributed by atoms with Crippen molar-refractivity contribution in [2.24, 2.45) is 0 Å². The number of hydrogen-bond acceptors (Lipinski definition) is 5. The van der Waals surface area contributed by atoms with E-state index < -0.39 is 0 Å².